The summed E-state index contributed by atoms with van der Waals surface area (Å²) in [6.45, 7) is 1.19. The Hall–Kier alpha value is -3.61. The highest BCUT2D eigenvalue weighted by Crippen LogP contribution is 2.34. The van der Waals surface area contributed by atoms with Crippen LogP contribution in [0.25, 0.3) is 27.6 Å². The standard InChI is InChI=1S/C26H21F3N6OS2/c27-17-2-4-19(5-3-17)38(36)34-11-8-18(9-12-34)31-25-30-10-7-22(32-25)24-23(33-26-35(24)13-14-37-26)16-1-6-20(28)21(29)15-16/h1-7,10,13-15,18H,8-9,11-12H2,(H,30,31,32). The van der Waals surface area contributed by atoms with E-state index in [0.29, 0.717) is 51.5 Å². The first-order valence-corrected chi connectivity index (χ1v) is 13.9. The molecule has 1 saturated heterocycles. The van der Waals surface area contributed by atoms with E-state index in [1.54, 1.807) is 24.4 Å². The minimum absolute atomic E-state index is 0.0731. The van der Waals surface area contributed by atoms with Crippen molar-refractivity contribution in [3.63, 3.8) is 0 Å². The predicted octanol–water partition coefficient (Wildman–Crippen LogP) is 5.54. The Kier molecular flexibility index (Phi) is 6.68. The fourth-order valence-corrected chi connectivity index (χ4v) is 6.41. The summed E-state index contributed by atoms with van der Waals surface area (Å²) in [5, 5.41) is 5.27. The van der Waals surface area contributed by atoms with Crippen molar-refractivity contribution in [1.82, 2.24) is 23.7 Å². The van der Waals surface area contributed by atoms with Gasteiger partial charge in [0.15, 0.2) is 16.6 Å². The van der Waals surface area contributed by atoms with E-state index in [9.17, 15) is 17.4 Å². The quantitative estimate of drug-likeness (QED) is 0.299. The Labute approximate surface area is 222 Å². The molecule has 0 saturated carbocycles. The first kappa shape index (κ1) is 24.7. The van der Waals surface area contributed by atoms with Crippen LogP contribution in [0.3, 0.4) is 0 Å². The van der Waals surface area contributed by atoms with Crippen molar-refractivity contribution in [1.29, 1.82) is 0 Å². The number of nitrogens with one attached hydrogen (secondary N) is 1. The molecule has 194 valence electrons. The molecule has 1 atom stereocenters. The maximum absolute atomic E-state index is 14.0. The van der Waals surface area contributed by atoms with Gasteiger partial charge in [-0.25, -0.2) is 36.6 Å². The van der Waals surface area contributed by atoms with Crippen LogP contribution < -0.4 is 5.32 Å². The summed E-state index contributed by atoms with van der Waals surface area (Å²) in [5.41, 5.74) is 2.19. The second kappa shape index (κ2) is 10.3. The number of nitrogens with zero attached hydrogens (tertiary/aromatic N) is 5. The number of thiazole rings is 1. The van der Waals surface area contributed by atoms with Gasteiger partial charge in [0.2, 0.25) is 5.95 Å². The normalized spacial score (nSPS) is 15.7. The number of imidazole rings is 1. The van der Waals surface area contributed by atoms with Gasteiger partial charge in [0.1, 0.15) is 22.5 Å². The van der Waals surface area contributed by atoms with Gasteiger partial charge < -0.3 is 5.32 Å². The molecule has 1 aliphatic heterocycles. The summed E-state index contributed by atoms with van der Waals surface area (Å²) >= 11 is 1.43. The van der Waals surface area contributed by atoms with Crippen molar-refractivity contribution in [2.45, 2.75) is 23.8 Å². The van der Waals surface area contributed by atoms with Gasteiger partial charge in [-0.05, 0) is 61.4 Å². The van der Waals surface area contributed by atoms with Crippen molar-refractivity contribution in [3.8, 4) is 22.6 Å². The summed E-state index contributed by atoms with van der Waals surface area (Å²) in [7, 11) is -1.35. The molecule has 0 spiro atoms. The molecule has 3 aromatic heterocycles. The molecule has 2 aromatic carbocycles. The first-order valence-electron chi connectivity index (χ1n) is 11.9. The van der Waals surface area contributed by atoms with Crippen LogP contribution in [-0.4, -0.2) is 47.0 Å². The van der Waals surface area contributed by atoms with E-state index >= 15 is 0 Å². The van der Waals surface area contributed by atoms with Crippen molar-refractivity contribution in [2.75, 3.05) is 18.4 Å². The van der Waals surface area contributed by atoms with Crippen LogP contribution in [0.2, 0.25) is 0 Å². The van der Waals surface area contributed by atoms with E-state index in [1.165, 1.54) is 29.5 Å². The Bertz CT molecular complexity index is 1630. The average molecular weight is 555 g/mol. The van der Waals surface area contributed by atoms with Gasteiger partial charge in [-0.3, -0.25) is 4.40 Å². The van der Waals surface area contributed by atoms with Crippen LogP contribution in [0.1, 0.15) is 12.8 Å². The molecule has 6 rings (SSSR count). The van der Waals surface area contributed by atoms with Gasteiger partial charge in [-0.15, -0.1) is 11.3 Å². The van der Waals surface area contributed by atoms with Crippen LogP contribution in [0, 0.1) is 17.5 Å². The number of hydrogen-bond donors (Lipinski definition) is 1. The van der Waals surface area contributed by atoms with Crippen molar-refractivity contribution >= 4 is 33.2 Å². The average Bonchev–Trinajstić information content (AvgIpc) is 3.53. The first-order chi connectivity index (χ1) is 18.5. The third-order valence-corrected chi connectivity index (χ3v) is 8.66. The molecule has 1 fully saturated rings. The molecule has 0 bridgehead atoms. The summed E-state index contributed by atoms with van der Waals surface area (Å²) in [6.07, 6.45) is 4.95. The van der Waals surface area contributed by atoms with E-state index in [1.807, 2.05) is 20.3 Å². The van der Waals surface area contributed by atoms with Crippen LogP contribution in [0.5, 0.6) is 0 Å². The molecular formula is C26H21F3N6OS2. The number of aromatic nitrogens is 4. The Morgan fingerprint density at radius 2 is 1.76 bits per heavy atom. The maximum atomic E-state index is 14.0. The lowest BCUT2D eigenvalue weighted by Gasteiger charge is -2.31. The molecular weight excluding hydrogens is 533 g/mol. The number of piperidine rings is 1. The number of anilines is 1. The van der Waals surface area contributed by atoms with Crippen LogP contribution in [0.15, 0.2) is 71.2 Å². The zero-order valence-electron chi connectivity index (χ0n) is 19.9. The number of halogens is 3. The minimum Gasteiger partial charge on any atom is -0.351 e. The number of rotatable bonds is 6. The molecule has 5 aromatic rings. The molecule has 7 nitrogen and oxygen atoms in total. The summed E-state index contributed by atoms with van der Waals surface area (Å²) in [4.78, 5) is 15.0. The van der Waals surface area contributed by atoms with E-state index in [2.05, 4.69) is 15.3 Å². The fourth-order valence-electron chi connectivity index (χ4n) is 4.48. The molecule has 0 amide bonds. The second-order valence-electron chi connectivity index (χ2n) is 8.81. The zero-order valence-corrected chi connectivity index (χ0v) is 21.5. The summed E-state index contributed by atoms with van der Waals surface area (Å²) < 4.78 is 57.4. The van der Waals surface area contributed by atoms with Gasteiger partial charge in [-0.1, -0.05) is 0 Å². The highest BCUT2D eigenvalue weighted by atomic mass is 32.2. The number of benzene rings is 2. The summed E-state index contributed by atoms with van der Waals surface area (Å²) in [5.74, 6) is -1.79. The molecule has 4 heterocycles. The lowest BCUT2D eigenvalue weighted by atomic mass is 10.1. The van der Waals surface area contributed by atoms with E-state index in [-0.39, 0.29) is 11.9 Å². The Morgan fingerprint density at radius 3 is 2.53 bits per heavy atom. The Balaban J connectivity index is 1.21. The third kappa shape index (κ3) is 4.82. The van der Waals surface area contributed by atoms with Gasteiger partial charge in [0, 0.05) is 42.5 Å². The molecule has 38 heavy (non-hydrogen) atoms. The van der Waals surface area contributed by atoms with Crippen LogP contribution >= 0.6 is 11.3 Å². The van der Waals surface area contributed by atoms with Gasteiger partial charge in [0.05, 0.1) is 16.3 Å². The number of fused-ring (bicyclic) bond motifs is 1. The fraction of sp³-hybridized carbons (Fsp3) is 0.192. The van der Waals surface area contributed by atoms with Gasteiger partial charge >= 0.3 is 0 Å². The lowest BCUT2D eigenvalue weighted by molar-refractivity contribution is 0.345. The monoisotopic (exact) mass is 554 g/mol. The van der Waals surface area contributed by atoms with E-state index in [0.717, 1.165) is 25.0 Å². The largest absolute Gasteiger partial charge is 0.351 e. The third-order valence-electron chi connectivity index (χ3n) is 6.39. The molecule has 1 unspecified atom stereocenters. The smallest absolute Gasteiger partial charge is 0.223 e. The molecule has 0 radical (unpaired) electrons. The van der Waals surface area contributed by atoms with Crippen molar-refractivity contribution < 1.29 is 17.4 Å². The molecule has 12 heteroatoms. The van der Waals surface area contributed by atoms with Crippen LogP contribution in [-0.2, 0) is 11.0 Å². The SMILES string of the molecule is O=S(c1ccc(F)cc1)N1CCC(Nc2nccc(-c3c(-c4ccc(F)c(F)c4)nc4sccn34)n2)CC1. The van der Waals surface area contributed by atoms with Crippen molar-refractivity contribution in [2.24, 2.45) is 0 Å². The second-order valence-corrected chi connectivity index (χ2v) is 11.2. The zero-order chi connectivity index (χ0) is 26.2. The van der Waals surface area contributed by atoms with Gasteiger partial charge in [0.25, 0.3) is 0 Å². The minimum atomic E-state index is -1.35. The molecule has 0 aliphatic carbocycles. The van der Waals surface area contributed by atoms with Gasteiger partial charge in [-0.2, -0.15) is 0 Å². The highest BCUT2D eigenvalue weighted by Gasteiger charge is 2.25. The highest BCUT2D eigenvalue weighted by molar-refractivity contribution is 7.82. The summed E-state index contributed by atoms with van der Waals surface area (Å²) in [6, 6.07) is 11.3. The molecule has 1 N–H and O–H groups in total. The van der Waals surface area contributed by atoms with E-state index in [4.69, 9.17) is 4.98 Å². The topological polar surface area (TPSA) is 75.4 Å². The molecule has 1 aliphatic rings. The van der Waals surface area contributed by atoms with E-state index < -0.39 is 22.6 Å². The Morgan fingerprint density at radius 1 is 0.974 bits per heavy atom. The number of hydrogen-bond acceptors (Lipinski definition) is 6. The predicted molar refractivity (Wildman–Crippen MR) is 140 cm³/mol. The van der Waals surface area contributed by atoms with Crippen LogP contribution in [0.4, 0.5) is 19.1 Å². The maximum Gasteiger partial charge on any atom is 0.223 e. The lowest BCUT2D eigenvalue weighted by Crippen LogP contribution is -2.40. The van der Waals surface area contributed by atoms with Crippen molar-refractivity contribution in [3.05, 3.63) is 83.8 Å².